The van der Waals surface area contributed by atoms with Crippen molar-refractivity contribution in [2.75, 3.05) is 5.75 Å². The van der Waals surface area contributed by atoms with E-state index in [1.807, 2.05) is 11.8 Å². The van der Waals surface area contributed by atoms with Gasteiger partial charge in [-0.1, -0.05) is 18.6 Å². The maximum Gasteiger partial charge on any atom is 0.0208 e. The lowest BCUT2D eigenvalue weighted by atomic mass is 9.87. The predicted octanol–water partition coefficient (Wildman–Crippen LogP) is 3.83. The van der Waals surface area contributed by atoms with Gasteiger partial charge in [-0.3, -0.25) is 0 Å². The summed E-state index contributed by atoms with van der Waals surface area (Å²) in [4.78, 5) is 1.45. The molecule has 3 rings (SSSR count). The van der Waals surface area contributed by atoms with Crippen molar-refractivity contribution in [2.24, 2.45) is 5.92 Å². The minimum absolute atomic E-state index is 0.807. The van der Waals surface area contributed by atoms with Gasteiger partial charge in [0.2, 0.25) is 0 Å². The average Bonchev–Trinajstić information content (AvgIpc) is 3.09. The molecule has 2 aliphatic carbocycles. The minimum Gasteiger partial charge on any atom is -0.310 e. The highest BCUT2D eigenvalue weighted by molar-refractivity contribution is 7.99. The second-order valence-corrected chi connectivity index (χ2v) is 6.50. The quantitative estimate of drug-likeness (QED) is 0.767. The lowest BCUT2D eigenvalue weighted by Gasteiger charge is -2.24. The minimum atomic E-state index is 0.807. The fraction of sp³-hybridized carbons (Fsp3) is 0.600. The molecule has 0 bridgehead atoms. The number of thioether (sulfide) groups is 1. The monoisotopic (exact) mass is 247 g/mol. The van der Waals surface area contributed by atoms with Crippen LogP contribution in [-0.4, -0.2) is 11.8 Å². The zero-order valence-corrected chi connectivity index (χ0v) is 11.1. The molecule has 1 nitrogen and oxygen atoms in total. The van der Waals surface area contributed by atoms with E-state index < -0.39 is 0 Å². The van der Waals surface area contributed by atoms with Crippen LogP contribution in [0.3, 0.4) is 0 Å². The Morgan fingerprint density at radius 3 is 2.76 bits per heavy atom. The van der Waals surface area contributed by atoms with E-state index >= 15 is 0 Å². The molecular weight excluding hydrogens is 226 g/mol. The third-order valence-corrected chi connectivity index (χ3v) is 5.01. The Morgan fingerprint density at radius 2 is 2.06 bits per heavy atom. The summed E-state index contributed by atoms with van der Waals surface area (Å²) in [6.07, 6.45) is 7.11. The highest BCUT2D eigenvalue weighted by Gasteiger charge is 2.20. The van der Waals surface area contributed by atoms with E-state index in [9.17, 15) is 0 Å². The molecule has 1 aromatic rings. The summed E-state index contributed by atoms with van der Waals surface area (Å²) < 4.78 is 0. The van der Waals surface area contributed by atoms with Crippen molar-refractivity contribution in [1.82, 2.24) is 5.32 Å². The number of hydrogen-bond acceptors (Lipinski definition) is 2. The van der Waals surface area contributed by atoms with Crippen molar-refractivity contribution in [2.45, 2.75) is 49.6 Å². The Morgan fingerprint density at radius 1 is 1.18 bits per heavy atom. The highest BCUT2D eigenvalue weighted by atomic mass is 32.2. The Balaban J connectivity index is 1.49. The van der Waals surface area contributed by atoms with Crippen LogP contribution in [0.1, 0.15) is 37.7 Å². The van der Waals surface area contributed by atoms with E-state index in [-0.39, 0.29) is 0 Å². The largest absolute Gasteiger partial charge is 0.310 e. The van der Waals surface area contributed by atoms with Crippen molar-refractivity contribution >= 4 is 11.8 Å². The molecule has 0 aromatic heterocycles. The summed E-state index contributed by atoms with van der Waals surface area (Å²) in [6, 6.07) is 9.86. The lowest BCUT2D eigenvalue weighted by Crippen LogP contribution is -2.15. The molecule has 0 amide bonds. The fourth-order valence-corrected chi connectivity index (χ4v) is 3.34. The summed E-state index contributed by atoms with van der Waals surface area (Å²) in [5, 5.41) is 3.58. The first-order chi connectivity index (χ1) is 8.40. The molecule has 0 aliphatic heterocycles. The summed E-state index contributed by atoms with van der Waals surface area (Å²) in [5.74, 6) is 2.31. The van der Waals surface area contributed by atoms with E-state index in [2.05, 4.69) is 29.6 Å². The molecule has 0 heterocycles. The third kappa shape index (κ3) is 3.49. The van der Waals surface area contributed by atoms with Crippen molar-refractivity contribution in [3.8, 4) is 0 Å². The van der Waals surface area contributed by atoms with Crippen molar-refractivity contribution in [3.05, 3.63) is 29.8 Å². The summed E-state index contributed by atoms with van der Waals surface area (Å²) in [5.41, 5.74) is 1.44. The molecule has 0 saturated heterocycles. The van der Waals surface area contributed by atoms with Crippen LogP contribution in [0.15, 0.2) is 29.2 Å². The van der Waals surface area contributed by atoms with Crippen LogP contribution in [0.25, 0.3) is 0 Å². The number of benzene rings is 1. The maximum atomic E-state index is 3.58. The highest BCUT2D eigenvalue weighted by Crippen LogP contribution is 2.32. The van der Waals surface area contributed by atoms with Crippen LogP contribution in [0.5, 0.6) is 0 Å². The summed E-state index contributed by atoms with van der Waals surface area (Å²) >= 11 is 2.04. The fourth-order valence-electron chi connectivity index (χ4n) is 2.17. The topological polar surface area (TPSA) is 12.0 Å². The summed E-state index contributed by atoms with van der Waals surface area (Å²) in [7, 11) is 0. The Kier molecular flexibility index (Phi) is 3.72. The van der Waals surface area contributed by atoms with Crippen LogP contribution in [0, 0.1) is 5.92 Å². The van der Waals surface area contributed by atoms with E-state index in [4.69, 9.17) is 0 Å². The Bertz CT molecular complexity index is 369. The standard InChI is InChI=1S/C15H21NS/c1-3-12(4-1)11-17-15-6-2-5-13(9-15)10-16-14-7-8-14/h2,5-6,9,12,14,16H,1,3-4,7-8,10-11H2. The van der Waals surface area contributed by atoms with Crippen molar-refractivity contribution in [1.29, 1.82) is 0 Å². The van der Waals surface area contributed by atoms with Crippen LogP contribution < -0.4 is 5.32 Å². The lowest BCUT2D eigenvalue weighted by molar-refractivity contribution is 0.353. The van der Waals surface area contributed by atoms with E-state index in [1.54, 1.807) is 0 Å². The summed E-state index contributed by atoms with van der Waals surface area (Å²) in [6.45, 7) is 1.04. The van der Waals surface area contributed by atoms with Gasteiger partial charge in [0.25, 0.3) is 0 Å². The third-order valence-electron chi connectivity index (χ3n) is 3.78. The van der Waals surface area contributed by atoms with E-state index in [1.165, 1.54) is 48.3 Å². The second kappa shape index (κ2) is 5.45. The Hall–Kier alpha value is -0.470. The SMILES string of the molecule is c1cc(CNC2CC2)cc(SCC2CCC2)c1. The molecular formula is C15H21NS. The van der Waals surface area contributed by atoms with Gasteiger partial charge in [0.15, 0.2) is 0 Å². The predicted molar refractivity (Wildman–Crippen MR) is 74.4 cm³/mol. The van der Waals surface area contributed by atoms with Crippen LogP contribution in [-0.2, 0) is 6.54 Å². The first kappa shape index (κ1) is 11.6. The first-order valence-corrected chi connectivity index (χ1v) is 7.84. The molecule has 2 heteroatoms. The molecule has 0 unspecified atom stereocenters. The van der Waals surface area contributed by atoms with Crippen molar-refractivity contribution < 1.29 is 0 Å². The van der Waals surface area contributed by atoms with Gasteiger partial charge < -0.3 is 5.32 Å². The van der Waals surface area contributed by atoms with Gasteiger partial charge >= 0.3 is 0 Å². The van der Waals surface area contributed by atoms with Crippen LogP contribution in [0.4, 0.5) is 0 Å². The van der Waals surface area contributed by atoms with Gasteiger partial charge in [0.05, 0.1) is 0 Å². The normalized spacial score (nSPS) is 20.2. The first-order valence-electron chi connectivity index (χ1n) is 6.85. The molecule has 1 aromatic carbocycles. The molecule has 0 atom stereocenters. The molecule has 92 valence electrons. The number of hydrogen-bond donors (Lipinski definition) is 1. The average molecular weight is 247 g/mol. The van der Waals surface area contributed by atoms with E-state index in [0.29, 0.717) is 0 Å². The molecule has 1 N–H and O–H groups in total. The van der Waals surface area contributed by atoms with Crippen LogP contribution in [0.2, 0.25) is 0 Å². The zero-order chi connectivity index (χ0) is 11.5. The van der Waals surface area contributed by atoms with Gasteiger partial charge in [-0.15, -0.1) is 11.8 Å². The van der Waals surface area contributed by atoms with Gasteiger partial charge in [0.1, 0.15) is 0 Å². The molecule has 2 saturated carbocycles. The van der Waals surface area contributed by atoms with Gasteiger partial charge in [-0.2, -0.15) is 0 Å². The molecule has 0 radical (unpaired) electrons. The molecule has 0 spiro atoms. The van der Waals surface area contributed by atoms with Crippen molar-refractivity contribution in [3.63, 3.8) is 0 Å². The molecule has 2 fully saturated rings. The van der Waals surface area contributed by atoms with E-state index in [0.717, 1.165) is 18.5 Å². The van der Waals surface area contributed by atoms with Gasteiger partial charge in [0, 0.05) is 23.2 Å². The smallest absolute Gasteiger partial charge is 0.0208 e. The zero-order valence-electron chi connectivity index (χ0n) is 10.3. The molecule has 2 aliphatic rings. The van der Waals surface area contributed by atoms with Gasteiger partial charge in [-0.05, 0) is 49.3 Å². The Labute approximate surface area is 108 Å². The number of rotatable bonds is 6. The second-order valence-electron chi connectivity index (χ2n) is 5.41. The molecule has 17 heavy (non-hydrogen) atoms. The van der Waals surface area contributed by atoms with Crippen LogP contribution >= 0.6 is 11.8 Å². The number of nitrogens with one attached hydrogen (secondary N) is 1. The maximum absolute atomic E-state index is 3.58. The van der Waals surface area contributed by atoms with Gasteiger partial charge in [-0.25, -0.2) is 0 Å².